The van der Waals surface area contributed by atoms with Gasteiger partial charge in [-0.15, -0.1) is 0 Å². The zero-order chi connectivity index (χ0) is 11.8. The number of aromatic nitrogens is 3. The minimum absolute atomic E-state index is 0.0396. The Morgan fingerprint density at radius 1 is 1.41 bits per heavy atom. The first-order valence-electron chi connectivity index (χ1n) is 5.57. The van der Waals surface area contributed by atoms with Crippen LogP contribution in [0.5, 0.6) is 0 Å². The van der Waals surface area contributed by atoms with Crippen molar-refractivity contribution in [3.8, 4) is 0 Å². The number of rotatable bonds is 1. The maximum atomic E-state index is 5.90. The van der Waals surface area contributed by atoms with Crippen LogP contribution in [0.4, 0.5) is 0 Å². The second-order valence-electron chi connectivity index (χ2n) is 4.06. The first-order valence-corrected chi connectivity index (χ1v) is 7.03. The molecular formula is C11H11ClIN3O. The van der Waals surface area contributed by atoms with E-state index in [4.69, 9.17) is 16.3 Å². The Bertz CT molecular complexity index is 551. The molecule has 0 bridgehead atoms. The standard InChI is InChI=1S/C11H11ClIN3O/c12-8-5-4-7-10(14-8)11(13)15-16(7)9-3-1-2-6-17-9/h4-5,9H,1-3,6H2. The summed E-state index contributed by atoms with van der Waals surface area (Å²) in [5.74, 6) is 0. The maximum absolute atomic E-state index is 5.90. The van der Waals surface area contributed by atoms with Gasteiger partial charge in [0.15, 0.2) is 6.23 Å². The topological polar surface area (TPSA) is 39.9 Å². The molecule has 1 aliphatic heterocycles. The second kappa shape index (κ2) is 4.70. The van der Waals surface area contributed by atoms with Gasteiger partial charge in [0.25, 0.3) is 0 Å². The molecule has 4 nitrogen and oxygen atoms in total. The number of nitrogens with zero attached hydrogens (tertiary/aromatic N) is 3. The van der Waals surface area contributed by atoms with Crippen LogP contribution in [0.2, 0.25) is 5.15 Å². The molecule has 0 N–H and O–H groups in total. The van der Waals surface area contributed by atoms with Crippen LogP contribution >= 0.6 is 34.2 Å². The highest BCUT2D eigenvalue weighted by molar-refractivity contribution is 14.1. The molecule has 0 radical (unpaired) electrons. The highest BCUT2D eigenvalue weighted by Gasteiger charge is 2.20. The van der Waals surface area contributed by atoms with Crippen molar-refractivity contribution < 1.29 is 4.74 Å². The third-order valence-corrected chi connectivity index (χ3v) is 3.84. The summed E-state index contributed by atoms with van der Waals surface area (Å²) in [6.45, 7) is 0.809. The fraction of sp³-hybridized carbons (Fsp3) is 0.455. The summed E-state index contributed by atoms with van der Waals surface area (Å²) in [4.78, 5) is 4.31. The van der Waals surface area contributed by atoms with Crippen LogP contribution in [-0.4, -0.2) is 21.4 Å². The Labute approximate surface area is 117 Å². The van der Waals surface area contributed by atoms with Crippen molar-refractivity contribution in [3.63, 3.8) is 0 Å². The number of ether oxygens (including phenoxy) is 1. The SMILES string of the molecule is Clc1ccc2c(n1)c(I)nn2C1CCCCO1. The highest BCUT2D eigenvalue weighted by atomic mass is 127. The fourth-order valence-corrected chi connectivity index (χ4v) is 2.87. The zero-order valence-electron chi connectivity index (χ0n) is 9.07. The minimum atomic E-state index is 0.0396. The molecule has 0 amide bonds. The molecule has 1 saturated heterocycles. The van der Waals surface area contributed by atoms with Gasteiger partial charge in [-0.3, -0.25) is 0 Å². The number of hydrogen-bond acceptors (Lipinski definition) is 3. The van der Waals surface area contributed by atoms with Crippen LogP contribution in [-0.2, 0) is 4.74 Å². The zero-order valence-corrected chi connectivity index (χ0v) is 12.0. The number of hydrogen-bond donors (Lipinski definition) is 0. The average Bonchev–Trinajstić information content (AvgIpc) is 2.68. The Morgan fingerprint density at radius 2 is 2.29 bits per heavy atom. The Kier molecular flexibility index (Phi) is 3.23. The first kappa shape index (κ1) is 11.7. The highest BCUT2D eigenvalue weighted by Crippen LogP contribution is 2.28. The largest absolute Gasteiger partial charge is 0.356 e. The predicted octanol–water partition coefficient (Wildman–Crippen LogP) is 3.39. The molecule has 1 unspecified atom stereocenters. The summed E-state index contributed by atoms with van der Waals surface area (Å²) in [7, 11) is 0. The lowest BCUT2D eigenvalue weighted by Crippen LogP contribution is -2.19. The smallest absolute Gasteiger partial charge is 0.150 e. The van der Waals surface area contributed by atoms with E-state index in [0.717, 1.165) is 34.2 Å². The molecule has 0 aromatic carbocycles. The van der Waals surface area contributed by atoms with Gasteiger partial charge in [-0.2, -0.15) is 5.10 Å². The monoisotopic (exact) mass is 363 g/mol. The third kappa shape index (κ3) is 2.15. The molecule has 0 saturated carbocycles. The van der Waals surface area contributed by atoms with Gasteiger partial charge in [-0.25, -0.2) is 9.67 Å². The fourth-order valence-electron chi connectivity index (χ4n) is 2.10. The van der Waals surface area contributed by atoms with Gasteiger partial charge >= 0.3 is 0 Å². The van der Waals surface area contributed by atoms with E-state index in [2.05, 4.69) is 32.7 Å². The van der Waals surface area contributed by atoms with E-state index in [1.807, 2.05) is 10.7 Å². The van der Waals surface area contributed by atoms with E-state index in [9.17, 15) is 0 Å². The quantitative estimate of drug-likeness (QED) is 0.576. The van der Waals surface area contributed by atoms with E-state index in [-0.39, 0.29) is 6.23 Å². The maximum Gasteiger partial charge on any atom is 0.150 e. The molecule has 1 atom stereocenters. The van der Waals surface area contributed by atoms with Crippen molar-refractivity contribution >= 4 is 45.2 Å². The molecule has 1 aliphatic rings. The lowest BCUT2D eigenvalue weighted by Gasteiger charge is -2.23. The number of halogens is 2. The number of fused-ring (bicyclic) bond motifs is 1. The van der Waals surface area contributed by atoms with E-state index in [1.54, 1.807) is 6.07 Å². The summed E-state index contributed by atoms with van der Waals surface area (Å²) >= 11 is 8.09. The van der Waals surface area contributed by atoms with E-state index in [0.29, 0.717) is 5.15 Å². The van der Waals surface area contributed by atoms with Crippen molar-refractivity contribution in [2.45, 2.75) is 25.5 Å². The molecule has 0 spiro atoms. The Balaban J connectivity index is 2.10. The van der Waals surface area contributed by atoms with Gasteiger partial charge in [0, 0.05) is 6.61 Å². The second-order valence-corrected chi connectivity index (χ2v) is 5.47. The molecule has 2 aromatic heterocycles. The molecule has 1 fully saturated rings. The molecular weight excluding hydrogens is 352 g/mol. The minimum Gasteiger partial charge on any atom is -0.356 e. The Hall–Kier alpha value is -0.400. The lowest BCUT2D eigenvalue weighted by atomic mass is 10.2. The van der Waals surface area contributed by atoms with Crippen LogP contribution in [0.25, 0.3) is 11.0 Å². The predicted molar refractivity (Wildman–Crippen MR) is 74.1 cm³/mol. The van der Waals surface area contributed by atoms with E-state index < -0.39 is 0 Å². The lowest BCUT2D eigenvalue weighted by molar-refractivity contribution is -0.0368. The van der Waals surface area contributed by atoms with Crippen LogP contribution in [0.3, 0.4) is 0 Å². The van der Waals surface area contributed by atoms with Gasteiger partial charge < -0.3 is 4.74 Å². The molecule has 17 heavy (non-hydrogen) atoms. The molecule has 90 valence electrons. The van der Waals surface area contributed by atoms with Crippen LogP contribution in [0.15, 0.2) is 12.1 Å². The molecule has 6 heteroatoms. The normalized spacial score (nSPS) is 20.9. The van der Waals surface area contributed by atoms with Gasteiger partial charge in [-0.05, 0) is 54.0 Å². The van der Waals surface area contributed by atoms with Gasteiger partial charge in [-0.1, -0.05) is 11.6 Å². The van der Waals surface area contributed by atoms with Gasteiger partial charge in [0.05, 0.1) is 5.52 Å². The van der Waals surface area contributed by atoms with Crippen LogP contribution in [0, 0.1) is 3.70 Å². The summed E-state index contributed by atoms with van der Waals surface area (Å²) in [5, 5.41) is 5.01. The van der Waals surface area contributed by atoms with Crippen molar-refractivity contribution in [3.05, 3.63) is 21.0 Å². The summed E-state index contributed by atoms with van der Waals surface area (Å²) in [6.07, 6.45) is 3.37. The van der Waals surface area contributed by atoms with Gasteiger partial charge in [0.2, 0.25) is 0 Å². The van der Waals surface area contributed by atoms with Gasteiger partial charge in [0.1, 0.15) is 14.4 Å². The van der Waals surface area contributed by atoms with Crippen molar-refractivity contribution in [1.29, 1.82) is 0 Å². The summed E-state index contributed by atoms with van der Waals surface area (Å²) in [5.41, 5.74) is 1.85. The number of pyridine rings is 1. The molecule has 3 heterocycles. The Morgan fingerprint density at radius 3 is 3.06 bits per heavy atom. The summed E-state index contributed by atoms with van der Waals surface area (Å²) in [6, 6.07) is 3.75. The first-order chi connectivity index (χ1) is 8.25. The van der Waals surface area contributed by atoms with E-state index in [1.165, 1.54) is 6.42 Å². The van der Waals surface area contributed by atoms with Crippen molar-refractivity contribution in [1.82, 2.24) is 14.8 Å². The van der Waals surface area contributed by atoms with Crippen molar-refractivity contribution in [2.24, 2.45) is 0 Å². The molecule has 3 rings (SSSR count). The molecule has 0 aliphatic carbocycles. The van der Waals surface area contributed by atoms with Crippen molar-refractivity contribution in [2.75, 3.05) is 6.61 Å². The van der Waals surface area contributed by atoms with Crippen LogP contribution < -0.4 is 0 Å². The van der Waals surface area contributed by atoms with Crippen LogP contribution in [0.1, 0.15) is 25.5 Å². The van der Waals surface area contributed by atoms with E-state index >= 15 is 0 Å². The molecule has 2 aromatic rings. The average molecular weight is 364 g/mol. The summed E-state index contributed by atoms with van der Waals surface area (Å²) < 4.78 is 8.55. The third-order valence-electron chi connectivity index (χ3n) is 2.91.